The molecule has 0 saturated heterocycles. The second-order valence-electron chi connectivity index (χ2n) is 2.63. The van der Waals surface area contributed by atoms with Crippen LogP contribution < -0.4 is 16.0 Å². The Morgan fingerprint density at radius 3 is 2.71 bits per heavy atom. The van der Waals surface area contributed by atoms with Crippen molar-refractivity contribution < 1.29 is 0 Å². The Bertz CT molecular complexity index is 282. The van der Waals surface area contributed by atoms with Crippen LogP contribution in [0.25, 0.3) is 0 Å². The van der Waals surface area contributed by atoms with Gasteiger partial charge in [0.2, 0.25) is 0 Å². The van der Waals surface area contributed by atoms with E-state index in [2.05, 4.69) is 27.5 Å². The van der Waals surface area contributed by atoms with Crippen LogP contribution in [0.15, 0.2) is 25.2 Å². The number of hydrazine groups is 2. The highest BCUT2D eigenvalue weighted by Crippen LogP contribution is 2.06. The summed E-state index contributed by atoms with van der Waals surface area (Å²) in [5.41, 5.74) is 6.61. The second-order valence-corrected chi connectivity index (χ2v) is 2.63. The molecular formula is C9H15N5. The molecule has 0 fully saturated rings. The number of rotatable bonds is 5. The number of hydrogen-bond donors (Lipinski definition) is 2. The molecule has 1 heterocycles. The first-order valence-corrected chi connectivity index (χ1v) is 4.47. The maximum atomic E-state index is 4.23. The first kappa shape index (κ1) is 10.6. The molecule has 14 heavy (non-hydrogen) atoms. The summed E-state index contributed by atoms with van der Waals surface area (Å²) in [6.07, 6.45) is 5.96. The molecule has 0 aliphatic carbocycles. The number of nitrogens with one attached hydrogen (secondary N) is 2. The standard InChI is InChI=1S/C9H15N5/c1-4-8-6-12-9(7-11-8)14(5-2)13-10-3/h5-7,10,13H,2,4H2,1,3H3. The Balaban J connectivity index is 2.78. The molecule has 1 aromatic heterocycles. The van der Waals surface area contributed by atoms with Gasteiger partial charge in [-0.05, 0) is 6.42 Å². The molecule has 5 heteroatoms. The van der Waals surface area contributed by atoms with Crippen molar-refractivity contribution in [3.63, 3.8) is 0 Å². The Kier molecular flexibility index (Phi) is 4.03. The third kappa shape index (κ3) is 2.51. The van der Waals surface area contributed by atoms with Crippen LogP contribution in [-0.2, 0) is 6.42 Å². The predicted octanol–water partition coefficient (Wildman–Crippen LogP) is 0.628. The molecule has 0 bridgehead atoms. The third-order valence-corrected chi connectivity index (χ3v) is 1.72. The molecule has 0 aliphatic heterocycles. The monoisotopic (exact) mass is 193 g/mol. The van der Waals surface area contributed by atoms with Crippen molar-refractivity contribution in [2.24, 2.45) is 0 Å². The van der Waals surface area contributed by atoms with Gasteiger partial charge in [0, 0.05) is 13.2 Å². The van der Waals surface area contributed by atoms with E-state index < -0.39 is 0 Å². The van der Waals surface area contributed by atoms with Crippen LogP contribution in [0.2, 0.25) is 0 Å². The summed E-state index contributed by atoms with van der Waals surface area (Å²) in [7, 11) is 1.77. The van der Waals surface area contributed by atoms with E-state index in [1.54, 1.807) is 30.7 Å². The molecule has 0 spiro atoms. The number of hydrogen-bond acceptors (Lipinski definition) is 5. The van der Waals surface area contributed by atoms with Gasteiger partial charge in [0.05, 0.1) is 18.1 Å². The van der Waals surface area contributed by atoms with Gasteiger partial charge < -0.3 is 0 Å². The lowest BCUT2D eigenvalue weighted by atomic mass is 10.3. The SMILES string of the molecule is C=CN(NNC)c1cnc(CC)cn1. The van der Waals surface area contributed by atoms with Crippen LogP contribution in [0.4, 0.5) is 5.82 Å². The molecule has 76 valence electrons. The first-order chi connectivity index (χ1) is 6.81. The fraction of sp³-hybridized carbons (Fsp3) is 0.333. The molecule has 0 unspecified atom stereocenters. The second kappa shape index (κ2) is 5.31. The zero-order valence-electron chi connectivity index (χ0n) is 8.49. The van der Waals surface area contributed by atoms with Crippen LogP contribution in [0.1, 0.15) is 12.6 Å². The lowest BCUT2D eigenvalue weighted by Crippen LogP contribution is -2.42. The van der Waals surface area contributed by atoms with Crippen molar-refractivity contribution in [1.82, 2.24) is 20.9 Å². The normalized spacial score (nSPS) is 9.86. The van der Waals surface area contributed by atoms with Crippen LogP contribution in [0, 0.1) is 0 Å². The minimum atomic E-state index is 0.701. The van der Waals surface area contributed by atoms with E-state index in [0.717, 1.165) is 12.1 Å². The van der Waals surface area contributed by atoms with E-state index in [1.165, 1.54) is 0 Å². The Labute approximate surface area is 83.8 Å². The average molecular weight is 193 g/mol. The molecule has 0 saturated carbocycles. The van der Waals surface area contributed by atoms with Crippen molar-refractivity contribution in [3.05, 3.63) is 30.9 Å². The van der Waals surface area contributed by atoms with Gasteiger partial charge in [0.15, 0.2) is 5.82 Å². The fourth-order valence-electron chi connectivity index (χ4n) is 0.972. The van der Waals surface area contributed by atoms with Gasteiger partial charge in [-0.1, -0.05) is 13.5 Å². The van der Waals surface area contributed by atoms with Crippen LogP contribution in [0.3, 0.4) is 0 Å². The zero-order valence-corrected chi connectivity index (χ0v) is 8.49. The van der Waals surface area contributed by atoms with Crippen molar-refractivity contribution >= 4 is 5.82 Å². The van der Waals surface area contributed by atoms with E-state index in [9.17, 15) is 0 Å². The van der Waals surface area contributed by atoms with Crippen LogP contribution in [0.5, 0.6) is 0 Å². The van der Waals surface area contributed by atoms with Crippen molar-refractivity contribution in [2.45, 2.75) is 13.3 Å². The van der Waals surface area contributed by atoms with Crippen LogP contribution in [-0.4, -0.2) is 17.0 Å². The maximum absolute atomic E-state index is 4.23. The van der Waals surface area contributed by atoms with E-state index in [4.69, 9.17) is 0 Å². The fourth-order valence-corrected chi connectivity index (χ4v) is 0.972. The molecule has 0 amide bonds. The molecule has 2 N–H and O–H groups in total. The lowest BCUT2D eigenvalue weighted by molar-refractivity contribution is 0.598. The Hall–Kier alpha value is -1.46. The van der Waals surface area contributed by atoms with Gasteiger partial charge >= 0.3 is 0 Å². The topological polar surface area (TPSA) is 53.1 Å². The van der Waals surface area contributed by atoms with E-state index >= 15 is 0 Å². The number of anilines is 1. The predicted molar refractivity (Wildman–Crippen MR) is 56.3 cm³/mol. The Morgan fingerprint density at radius 2 is 2.29 bits per heavy atom. The molecule has 0 radical (unpaired) electrons. The van der Waals surface area contributed by atoms with Gasteiger partial charge in [0.25, 0.3) is 0 Å². The minimum absolute atomic E-state index is 0.701. The van der Waals surface area contributed by atoms with E-state index in [1.807, 2.05) is 6.92 Å². The van der Waals surface area contributed by atoms with Gasteiger partial charge in [-0.2, -0.15) is 5.53 Å². The Morgan fingerprint density at radius 1 is 1.50 bits per heavy atom. The molecule has 0 aliphatic rings. The van der Waals surface area contributed by atoms with Crippen molar-refractivity contribution in [3.8, 4) is 0 Å². The van der Waals surface area contributed by atoms with Gasteiger partial charge in [0.1, 0.15) is 0 Å². The van der Waals surface area contributed by atoms with E-state index in [-0.39, 0.29) is 0 Å². The van der Waals surface area contributed by atoms with Crippen LogP contribution >= 0.6 is 0 Å². The van der Waals surface area contributed by atoms with Crippen molar-refractivity contribution in [2.75, 3.05) is 12.1 Å². The maximum Gasteiger partial charge on any atom is 0.166 e. The third-order valence-electron chi connectivity index (χ3n) is 1.72. The summed E-state index contributed by atoms with van der Waals surface area (Å²) in [6, 6.07) is 0. The number of nitrogens with zero attached hydrogens (tertiary/aromatic N) is 3. The smallest absolute Gasteiger partial charge is 0.166 e. The average Bonchev–Trinajstić information content (AvgIpc) is 2.26. The molecule has 0 aromatic carbocycles. The highest BCUT2D eigenvalue weighted by Gasteiger charge is 2.02. The van der Waals surface area contributed by atoms with Gasteiger partial charge in [-0.25, -0.2) is 10.4 Å². The lowest BCUT2D eigenvalue weighted by Gasteiger charge is -2.18. The highest BCUT2D eigenvalue weighted by atomic mass is 15.7. The summed E-state index contributed by atoms with van der Waals surface area (Å²) >= 11 is 0. The molecule has 5 nitrogen and oxygen atoms in total. The summed E-state index contributed by atoms with van der Waals surface area (Å²) in [4.78, 5) is 8.46. The van der Waals surface area contributed by atoms with Gasteiger partial charge in [-0.3, -0.25) is 9.99 Å². The first-order valence-electron chi connectivity index (χ1n) is 4.47. The quantitative estimate of drug-likeness (QED) is 0.672. The minimum Gasteiger partial charge on any atom is -0.256 e. The van der Waals surface area contributed by atoms with E-state index in [0.29, 0.717) is 5.82 Å². The van der Waals surface area contributed by atoms with Gasteiger partial charge in [-0.15, -0.1) is 0 Å². The summed E-state index contributed by atoms with van der Waals surface area (Å²) < 4.78 is 0. The highest BCUT2D eigenvalue weighted by molar-refractivity contribution is 5.37. The molecule has 0 atom stereocenters. The summed E-state index contributed by atoms with van der Waals surface area (Å²) in [5.74, 6) is 0.701. The molecular weight excluding hydrogens is 178 g/mol. The number of aryl methyl sites for hydroxylation is 1. The number of aromatic nitrogens is 2. The zero-order chi connectivity index (χ0) is 10.4. The summed E-state index contributed by atoms with van der Waals surface area (Å²) in [6.45, 7) is 5.70. The summed E-state index contributed by atoms with van der Waals surface area (Å²) in [5, 5.41) is 1.65. The van der Waals surface area contributed by atoms with Crippen molar-refractivity contribution in [1.29, 1.82) is 0 Å². The molecule has 1 rings (SSSR count). The molecule has 1 aromatic rings. The largest absolute Gasteiger partial charge is 0.256 e.